The number of morpholine rings is 1. The molecule has 3 rings (SSSR count). The number of benzene rings is 1. The molecule has 0 spiro atoms. The van der Waals surface area contributed by atoms with E-state index in [1.165, 1.54) is 0 Å². The Morgan fingerprint density at radius 2 is 2.20 bits per heavy atom. The smallest absolute Gasteiger partial charge is 0.257 e. The number of hydrogen-bond acceptors (Lipinski definition) is 6. The summed E-state index contributed by atoms with van der Waals surface area (Å²) in [5, 5.41) is 7.24. The molecule has 6 nitrogen and oxygen atoms in total. The molecule has 1 aromatic carbocycles. The van der Waals surface area contributed by atoms with Gasteiger partial charge in [-0.2, -0.15) is 4.98 Å². The Balaban J connectivity index is 1.66. The van der Waals surface area contributed by atoms with Crippen molar-refractivity contribution in [3.8, 4) is 5.75 Å². The third kappa shape index (κ3) is 2.97. The van der Waals surface area contributed by atoms with Gasteiger partial charge < -0.3 is 19.3 Å². The molecule has 0 radical (unpaired) electrons. The second-order valence-corrected chi connectivity index (χ2v) is 4.64. The lowest BCUT2D eigenvalue weighted by atomic mass is 10.1. The molecule has 1 aliphatic heterocycles. The zero-order valence-electron chi connectivity index (χ0n) is 11.3. The molecule has 2 heterocycles. The first-order valence-electron chi connectivity index (χ1n) is 6.63. The van der Waals surface area contributed by atoms with Gasteiger partial charge in [0.2, 0.25) is 0 Å². The number of aromatic nitrogens is 2. The summed E-state index contributed by atoms with van der Waals surface area (Å²) in [6, 6.07) is 7.83. The Labute approximate surface area is 117 Å². The minimum absolute atomic E-state index is 0.138. The van der Waals surface area contributed by atoms with Gasteiger partial charge in [0, 0.05) is 19.5 Å². The summed E-state index contributed by atoms with van der Waals surface area (Å²) < 4.78 is 16.0. The maximum absolute atomic E-state index is 5.58. The summed E-state index contributed by atoms with van der Waals surface area (Å²) in [5.41, 5.74) is 1.11. The van der Waals surface area contributed by atoms with Crippen LogP contribution in [0.3, 0.4) is 0 Å². The molecule has 0 amide bonds. The third-order valence-electron chi connectivity index (χ3n) is 3.21. The van der Waals surface area contributed by atoms with Crippen molar-refractivity contribution in [2.75, 3.05) is 26.8 Å². The first kappa shape index (κ1) is 13.1. The average Bonchev–Trinajstić information content (AvgIpc) is 2.97. The third-order valence-corrected chi connectivity index (χ3v) is 3.21. The topological polar surface area (TPSA) is 69.4 Å². The van der Waals surface area contributed by atoms with Gasteiger partial charge in [-0.1, -0.05) is 17.3 Å². The van der Waals surface area contributed by atoms with Crippen molar-refractivity contribution in [3.63, 3.8) is 0 Å². The molecule has 1 atom stereocenters. The van der Waals surface area contributed by atoms with Crippen LogP contribution < -0.4 is 10.1 Å². The fourth-order valence-electron chi connectivity index (χ4n) is 2.12. The molecule has 0 aliphatic carbocycles. The van der Waals surface area contributed by atoms with Crippen LogP contribution in [0.25, 0.3) is 0 Å². The number of nitrogens with one attached hydrogen (secondary N) is 1. The molecule has 106 valence electrons. The predicted molar refractivity (Wildman–Crippen MR) is 71.7 cm³/mol. The summed E-state index contributed by atoms with van der Waals surface area (Å²) in [6.07, 6.45) is 0.494. The number of ether oxygens (including phenoxy) is 2. The van der Waals surface area contributed by atoms with Crippen LogP contribution >= 0.6 is 0 Å². The monoisotopic (exact) mass is 275 g/mol. The van der Waals surface area contributed by atoms with E-state index in [4.69, 9.17) is 14.0 Å². The van der Waals surface area contributed by atoms with Gasteiger partial charge in [0.05, 0.1) is 13.7 Å². The molecule has 0 bridgehead atoms. The average molecular weight is 275 g/mol. The number of rotatable bonds is 4. The van der Waals surface area contributed by atoms with Crippen LogP contribution in [0, 0.1) is 0 Å². The van der Waals surface area contributed by atoms with E-state index in [0.717, 1.165) is 17.9 Å². The molecule has 1 aromatic heterocycles. The lowest BCUT2D eigenvalue weighted by Crippen LogP contribution is -2.33. The van der Waals surface area contributed by atoms with E-state index in [1.807, 2.05) is 24.3 Å². The Morgan fingerprint density at radius 1 is 1.35 bits per heavy atom. The zero-order chi connectivity index (χ0) is 13.8. The fourth-order valence-corrected chi connectivity index (χ4v) is 2.12. The SMILES string of the molecule is COc1ccc(Cc2noc([C@H]3CNCCO3)n2)cc1. The first-order chi connectivity index (χ1) is 9.85. The second kappa shape index (κ2) is 6.02. The molecule has 1 saturated heterocycles. The Hall–Kier alpha value is -1.92. The normalized spacial score (nSPS) is 18.9. The molecule has 2 aromatic rings. The van der Waals surface area contributed by atoms with Gasteiger partial charge >= 0.3 is 0 Å². The standard InChI is InChI=1S/C14H17N3O3/c1-18-11-4-2-10(3-5-11)8-13-16-14(20-17-13)12-9-15-6-7-19-12/h2-5,12,15H,6-9H2,1H3/t12-/m1/s1. The van der Waals surface area contributed by atoms with Crippen molar-refractivity contribution in [2.24, 2.45) is 0 Å². The summed E-state index contributed by atoms with van der Waals surface area (Å²) in [7, 11) is 1.65. The van der Waals surface area contributed by atoms with E-state index in [1.54, 1.807) is 7.11 Å². The number of nitrogens with zero attached hydrogens (tertiary/aromatic N) is 2. The van der Waals surface area contributed by atoms with Gasteiger partial charge in [0.1, 0.15) is 11.9 Å². The molecular formula is C14H17N3O3. The highest BCUT2D eigenvalue weighted by Gasteiger charge is 2.22. The number of methoxy groups -OCH3 is 1. The minimum Gasteiger partial charge on any atom is -0.497 e. The molecule has 1 fully saturated rings. The van der Waals surface area contributed by atoms with Gasteiger partial charge in [0.15, 0.2) is 5.82 Å². The van der Waals surface area contributed by atoms with Gasteiger partial charge in [-0.15, -0.1) is 0 Å². The maximum atomic E-state index is 5.58. The van der Waals surface area contributed by atoms with E-state index < -0.39 is 0 Å². The molecule has 1 aliphatic rings. The van der Waals surface area contributed by atoms with Crippen molar-refractivity contribution in [1.82, 2.24) is 15.5 Å². The lowest BCUT2D eigenvalue weighted by molar-refractivity contribution is 0.00755. The van der Waals surface area contributed by atoms with E-state index in [-0.39, 0.29) is 6.10 Å². The minimum atomic E-state index is -0.138. The molecule has 0 unspecified atom stereocenters. The van der Waals surface area contributed by atoms with Gasteiger partial charge in [-0.25, -0.2) is 0 Å². The quantitative estimate of drug-likeness (QED) is 0.907. The highest BCUT2D eigenvalue weighted by molar-refractivity contribution is 5.28. The molecule has 0 saturated carbocycles. The van der Waals surface area contributed by atoms with Gasteiger partial charge in [-0.05, 0) is 17.7 Å². The molecule has 20 heavy (non-hydrogen) atoms. The van der Waals surface area contributed by atoms with Crippen molar-refractivity contribution in [3.05, 3.63) is 41.5 Å². The van der Waals surface area contributed by atoms with Gasteiger partial charge in [0.25, 0.3) is 5.89 Å². The second-order valence-electron chi connectivity index (χ2n) is 4.64. The van der Waals surface area contributed by atoms with E-state index in [9.17, 15) is 0 Å². The summed E-state index contributed by atoms with van der Waals surface area (Å²) in [4.78, 5) is 4.40. The van der Waals surface area contributed by atoms with E-state index >= 15 is 0 Å². The Bertz CT molecular complexity index is 547. The molecular weight excluding hydrogens is 258 g/mol. The maximum Gasteiger partial charge on any atom is 0.257 e. The van der Waals surface area contributed by atoms with E-state index in [2.05, 4.69) is 15.5 Å². The molecule has 1 N–H and O–H groups in total. The highest BCUT2D eigenvalue weighted by Crippen LogP contribution is 2.18. The summed E-state index contributed by atoms with van der Waals surface area (Å²) in [5.74, 6) is 2.05. The number of hydrogen-bond donors (Lipinski definition) is 1. The van der Waals surface area contributed by atoms with Crippen molar-refractivity contribution < 1.29 is 14.0 Å². The Kier molecular flexibility index (Phi) is 3.94. The summed E-state index contributed by atoms with van der Waals surface area (Å²) in [6.45, 7) is 2.24. The zero-order valence-corrected chi connectivity index (χ0v) is 11.3. The predicted octanol–water partition coefficient (Wildman–Crippen LogP) is 1.33. The van der Waals surface area contributed by atoms with Crippen LogP contribution in [-0.4, -0.2) is 36.9 Å². The van der Waals surface area contributed by atoms with Crippen molar-refractivity contribution in [1.29, 1.82) is 0 Å². The lowest BCUT2D eigenvalue weighted by Gasteiger charge is -2.19. The van der Waals surface area contributed by atoms with Crippen molar-refractivity contribution in [2.45, 2.75) is 12.5 Å². The van der Waals surface area contributed by atoms with Crippen LogP contribution in [0.1, 0.15) is 23.4 Å². The van der Waals surface area contributed by atoms with Crippen molar-refractivity contribution >= 4 is 0 Å². The van der Waals surface area contributed by atoms with Crippen LogP contribution in [0.4, 0.5) is 0 Å². The Morgan fingerprint density at radius 3 is 2.90 bits per heavy atom. The van der Waals surface area contributed by atoms with Crippen LogP contribution in [0.5, 0.6) is 5.75 Å². The van der Waals surface area contributed by atoms with Crippen LogP contribution in [0.15, 0.2) is 28.8 Å². The van der Waals surface area contributed by atoms with Crippen LogP contribution in [-0.2, 0) is 11.2 Å². The summed E-state index contributed by atoms with van der Waals surface area (Å²) >= 11 is 0. The molecule has 6 heteroatoms. The largest absolute Gasteiger partial charge is 0.497 e. The fraction of sp³-hybridized carbons (Fsp3) is 0.429. The van der Waals surface area contributed by atoms with Gasteiger partial charge in [-0.3, -0.25) is 0 Å². The highest BCUT2D eigenvalue weighted by atomic mass is 16.5. The van der Waals surface area contributed by atoms with E-state index in [0.29, 0.717) is 31.3 Å². The van der Waals surface area contributed by atoms with Crippen LogP contribution in [0.2, 0.25) is 0 Å². The first-order valence-corrected chi connectivity index (χ1v) is 6.63.